The van der Waals surface area contributed by atoms with E-state index in [1.165, 1.54) is 36.9 Å². The molecule has 0 unspecified atom stereocenters. The van der Waals surface area contributed by atoms with Crippen LogP contribution in [0.3, 0.4) is 0 Å². The van der Waals surface area contributed by atoms with E-state index in [1.807, 2.05) is 0 Å². The number of hydrogen-bond donors (Lipinski definition) is 1. The fraction of sp³-hybridized carbons (Fsp3) is 0.600. The van der Waals surface area contributed by atoms with E-state index in [1.54, 1.807) is 7.05 Å². The molecular weight excluding hydrogens is 314 g/mol. The lowest BCUT2D eigenvalue weighted by Crippen LogP contribution is -2.38. The summed E-state index contributed by atoms with van der Waals surface area (Å²) in [6.07, 6.45) is 1.33. The number of likely N-dealkylation sites (tertiary alicyclic amines) is 1. The Labute approximate surface area is 151 Å². The van der Waals surface area contributed by atoms with Crippen LogP contribution in [0.5, 0.6) is 0 Å². The highest BCUT2D eigenvalue weighted by molar-refractivity contribution is 5.83. The molecule has 0 radical (unpaired) electrons. The fourth-order valence-electron chi connectivity index (χ4n) is 3.53. The number of hydrogen-bond acceptors (Lipinski definition) is 3. The molecule has 1 aliphatic rings. The van der Waals surface area contributed by atoms with Crippen LogP contribution in [-0.2, 0) is 22.7 Å². The zero-order chi connectivity index (χ0) is 18.4. The number of carbonyl (C=O) groups excluding carboxylic acids is 2. The van der Waals surface area contributed by atoms with Crippen molar-refractivity contribution in [2.24, 2.45) is 11.8 Å². The van der Waals surface area contributed by atoms with Gasteiger partial charge in [0.05, 0.1) is 6.54 Å². The number of nitrogens with zero attached hydrogens (tertiary/aromatic N) is 2. The summed E-state index contributed by atoms with van der Waals surface area (Å²) in [5.74, 6) is 1.29. The summed E-state index contributed by atoms with van der Waals surface area (Å²) >= 11 is 0. The molecule has 25 heavy (non-hydrogen) atoms. The zero-order valence-electron chi connectivity index (χ0n) is 15.9. The van der Waals surface area contributed by atoms with Gasteiger partial charge in [0, 0.05) is 40.2 Å². The Balaban J connectivity index is 1.79. The molecule has 0 aromatic heterocycles. The molecule has 2 amide bonds. The summed E-state index contributed by atoms with van der Waals surface area (Å²) in [4.78, 5) is 26.9. The van der Waals surface area contributed by atoms with Gasteiger partial charge in [0.25, 0.3) is 0 Å². The Morgan fingerprint density at radius 2 is 1.68 bits per heavy atom. The van der Waals surface area contributed by atoms with Gasteiger partial charge in [0.1, 0.15) is 0 Å². The molecule has 2 rings (SSSR count). The predicted molar refractivity (Wildman–Crippen MR) is 99.8 cm³/mol. The van der Waals surface area contributed by atoms with Crippen molar-refractivity contribution in [3.8, 4) is 0 Å². The Morgan fingerprint density at radius 1 is 1.12 bits per heavy atom. The third kappa shape index (κ3) is 6.50. The minimum atomic E-state index is -0.141. The third-order valence-corrected chi connectivity index (χ3v) is 4.78. The number of nitrogens with one attached hydrogen (secondary N) is 1. The molecule has 0 bridgehead atoms. The molecule has 5 heteroatoms. The van der Waals surface area contributed by atoms with Gasteiger partial charge in [-0.15, -0.1) is 0 Å². The molecule has 0 saturated carbocycles. The summed E-state index contributed by atoms with van der Waals surface area (Å²) in [6.45, 7) is 10.0. The van der Waals surface area contributed by atoms with Gasteiger partial charge >= 0.3 is 0 Å². The molecule has 1 aromatic rings. The Hall–Kier alpha value is -1.88. The maximum Gasteiger partial charge on any atom is 0.239 e. The Kier molecular flexibility index (Phi) is 7.00. The van der Waals surface area contributed by atoms with Crippen LogP contribution in [-0.4, -0.2) is 48.3 Å². The fourth-order valence-corrected chi connectivity index (χ4v) is 3.53. The van der Waals surface area contributed by atoms with Crippen LogP contribution in [0.4, 0.5) is 0 Å². The lowest BCUT2D eigenvalue weighted by molar-refractivity contribution is -0.133. The standard InChI is InChI=1S/C20H31N3O2/c1-15-9-16(2)12-23(11-15)13-19-7-5-18(6-8-19)10-21-20(25)14-22(4)17(3)24/h5-8,15-16H,9-14H2,1-4H3,(H,21,25)/t15-,16+. The number of benzene rings is 1. The molecule has 0 aliphatic carbocycles. The maximum atomic E-state index is 11.8. The minimum Gasteiger partial charge on any atom is -0.350 e. The van der Waals surface area contributed by atoms with Crippen molar-refractivity contribution < 1.29 is 9.59 Å². The Morgan fingerprint density at radius 3 is 2.24 bits per heavy atom. The first-order chi connectivity index (χ1) is 11.8. The topological polar surface area (TPSA) is 52.7 Å². The van der Waals surface area contributed by atoms with Gasteiger partial charge in [-0.25, -0.2) is 0 Å². The largest absolute Gasteiger partial charge is 0.350 e. The third-order valence-electron chi connectivity index (χ3n) is 4.78. The van der Waals surface area contributed by atoms with E-state index >= 15 is 0 Å². The summed E-state index contributed by atoms with van der Waals surface area (Å²) < 4.78 is 0. The van der Waals surface area contributed by atoms with E-state index in [4.69, 9.17) is 0 Å². The molecule has 138 valence electrons. The first-order valence-electron chi connectivity index (χ1n) is 9.12. The van der Waals surface area contributed by atoms with Crippen LogP contribution in [0.2, 0.25) is 0 Å². The molecular formula is C20H31N3O2. The summed E-state index contributed by atoms with van der Waals surface area (Å²) in [5, 5.41) is 2.85. The van der Waals surface area contributed by atoms with E-state index in [0.717, 1.165) is 23.9 Å². The highest BCUT2D eigenvalue weighted by Gasteiger charge is 2.21. The molecule has 5 nitrogen and oxygen atoms in total. The van der Waals surface area contributed by atoms with E-state index in [0.29, 0.717) is 6.54 Å². The molecule has 1 aromatic carbocycles. The SMILES string of the molecule is CC(=O)N(C)CC(=O)NCc1ccc(CN2C[C@H](C)C[C@H](C)C2)cc1. The molecule has 1 saturated heterocycles. The highest BCUT2D eigenvalue weighted by atomic mass is 16.2. The van der Waals surface area contributed by atoms with Crippen LogP contribution in [0.15, 0.2) is 24.3 Å². The number of rotatable bonds is 6. The van der Waals surface area contributed by atoms with Gasteiger partial charge in [0.2, 0.25) is 11.8 Å². The second-order valence-electron chi connectivity index (χ2n) is 7.61. The quantitative estimate of drug-likeness (QED) is 0.860. The molecule has 1 heterocycles. The average molecular weight is 345 g/mol. The van der Waals surface area contributed by atoms with Gasteiger partial charge in [-0.05, 0) is 29.4 Å². The van der Waals surface area contributed by atoms with E-state index in [2.05, 4.69) is 48.3 Å². The summed E-state index contributed by atoms with van der Waals surface area (Å²) in [7, 11) is 1.62. The van der Waals surface area contributed by atoms with Crippen LogP contribution in [0.1, 0.15) is 38.3 Å². The van der Waals surface area contributed by atoms with Gasteiger partial charge in [-0.1, -0.05) is 38.1 Å². The minimum absolute atomic E-state index is 0.0960. The van der Waals surface area contributed by atoms with Crippen LogP contribution < -0.4 is 5.32 Å². The van der Waals surface area contributed by atoms with E-state index < -0.39 is 0 Å². The summed E-state index contributed by atoms with van der Waals surface area (Å²) in [6, 6.07) is 8.43. The first-order valence-corrected chi connectivity index (χ1v) is 9.12. The molecule has 1 aliphatic heterocycles. The zero-order valence-corrected chi connectivity index (χ0v) is 15.9. The Bertz CT molecular complexity index is 575. The van der Waals surface area contributed by atoms with Crippen molar-refractivity contribution >= 4 is 11.8 Å². The van der Waals surface area contributed by atoms with Gasteiger partial charge in [-0.3, -0.25) is 14.5 Å². The van der Waals surface area contributed by atoms with E-state index in [9.17, 15) is 9.59 Å². The monoisotopic (exact) mass is 345 g/mol. The van der Waals surface area contributed by atoms with Crippen molar-refractivity contribution in [1.29, 1.82) is 0 Å². The first kappa shape index (κ1) is 19.4. The lowest BCUT2D eigenvalue weighted by atomic mass is 9.91. The number of amides is 2. The molecule has 1 N–H and O–H groups in total. The highest BCUT2D eigenvalue weighted by Crippen LogP contribution is 2.22. The average Bonchev–Trinajstić information content (AvgIpc) is 2.53. The molecule has 0 spiro atoms. The normalized spacial score (nSPS) is 21.0. The molecule has 2 atom stereocenters. The number of carbonyl (C=O) groups is 2. The van der Waals surface area contributed by atoms with Crippen molar-refractivity contribution in [2.45, 2.75) is 40.3 Å². The summed E-state index contributed by atoms with van der Waals surface area (Å²) in [5.41, 5.74) is 2.38. The van der Waals surface area contributed by atoms with Crippen LogP contribution >= 0.6 is 0 Å². The van der Waals surface area contributed by atoms with Crippen LogP contribution in [0, 0.1) is 11.8 Å². The second kappa shape index (κ2) is 8.99. The number of piperidine rings is 1. The number of likely N-dealkylation sites (N-methyl/N-ethyl adjacent to an activating group) is 1. The van der Waals surface area contributed by atoms with Gasteiger partial charge in [0.15, 0.2) is 0 Å². The van der Waals surface area contributed by atoms with Crippen molar-refractivity contribution in [3.05, 3.63) is 35.4 Å². The van der Waals surface area contributed by atoms with Gasteiger partial charge in [-0.2, -0.15) is 0 Å². The molecule has 1 fully saturated rings. The van der Waals surface area contributed by atoms with Crippen molar-refractivity contribution in [2.75, 3.05) is 26.7 Å². The van der Waals surface area contributed by atoms with Crippen molar-refractivity contribution in [1.82, 2.24) is 15.1 Å². The maximum absolute atomic E-state index is 11.8. The van der Waals surface area contributed by atoms with Gasteiger partial charge < -0.3 is 10.2 Å². The van der Waals surface area contributed by atoms with E-state index in [-0.39, 0.29) is 18.4 Å². The second-order valence-corrected chi connectivity index (χ2v) is 7.61. The van der Waals surface area contributed by atoms with Crippen LogP contribution in [0.25, 0.3) is 0 Å². The smallest absolute Gasteiger partial charge is 0.239 e. The lowest BCUT2D eigenvalue weighted by Gasteiger charge is -2.35. The predicted octanol–water partition coefficient (Wildman–Crippen LogP) is 2.26. The van der Waals surface area contributed by atoms with Crippen molar-refractivity contribution in [3.63, 3.8) is 0 Å².